The van der Waals surface area contributed by atoms with Gasteiger partial charge in [0.25, 0.3) is 0 Å². The molecule has 0 nitrogen and oxygen atoms in total. The van der Waals surface area contributed by atoms with Crippen molar-refractivity contribution >= 4 is 0 Å². The van der Waals surface area contributed by atoms with Crippen LogP contribution >= 0.6 is 0 Å². The average Bonchev–Trinajstić information content (AvgIpc) is 2.16. The van der Waals surface area contributed by atoms with Gasteiger partial charge in [0.05, 0.1) is 0 Å². The van der Waals surface area contributed by atoms with E-state index in [-0.39, 0.29) is 0 Å². The largest absolute Gasteiger partial charge is 0.244 e. The Morgan fingerprint density at radius 1 is 1.30 bits per heavy atom. The first kappa shape index (κ1) is 6.56. The number of fused-ring (bicyclic) bond motifs is 1. The summed E-state index contributed by atoms with van der Waals surface area (Å²) in [5.41, 5.74) is -0.524. The standard InChI is InChI=1S/C8H12F2/c1-5-2-8(7(9)10)3-6(5)4-8/h5-7H,2-4H2,1H3. The van der Waals surface area contributed by atoms with Crippen molar-refractivity contribution in [2.75, 3.05) is 0 Å². The number of alkyl halides is 2. The smallest absolute Gasteiger partial charge is 0.210 e. The Morgan fingerprint density at radius 2 is 1.90 bits per heavy atom. The number of hydrogen-bond donors (Lipinski definition) is 0. The molecule has 0 aromatic heterocycles. The van der Waals surface area contributed by atoms with Crippen LogP contribution in [0.3, 0.4) is 0 Å². The Kier molecular flexibility index (Phi) is 1.13. The maximum absolute atomic E-state index is 12.3. The molecule has 3 aliphatic rings. The summed E-state index contributed by atoms with van der Waals surface area (Å²) in [5, 5.41) is 0. The molecule has 3 rings (SSSR count). The molecule has 58 valence electrons. The van der Waals surface area contributed by atoms with Crippen molar-refractivity contribution in [1.29, 1.82) is 0 Å². The molecule has 2 bridgehead atoms. The summed E-state index contributed by atoms with van der Waals surface area (Å²) in [6.45, 7) is 2.10. The van der Waals surface area contributed by atoms with Crippen molar-refractivity contribution in [1.82, 2.24) is 0 Å². The van der Waals surface area contributed by atoms with Crippen LogP contribution in [0, 0.1) is 17.3 Å². The lowest BCUT2D eigenvalue weighted by atomic mass is 9.70. The van der Waals surface area contributed by atoms with Gasteiger partial charge in [0, 0.05) is 5.41 Å². The highest BCUT2D eigenvalue weighted by atomic mass is 19.3. The molecule has 0 spiro atoms. The third-order valence-corrected chi connectivity index (χ3v) is 3.33. The van der Waals surface area contributed by atoms with Gasteiger partial charge < -0.3 is 0 Å². The summed E-state index contributed by atoms with van der Waals surface area (Å²) in [7, 11) is 0. The fraction of sp³-hybridized carbons (Fsp3) is 1.00. The van der Waals surface area contributed by atoms with Crippen LogP contribution in [0.25, 0.3) is 0 Å². The third kappa shape index (κ3) is 0.599. The van der Waals surface area contributed by atoms with Crippen molar-refractivity contribution < 1.29 is 8.78 Å². The van der Waals surface area contributed by atoms with Crippen molar-refractivity contribution in [3.63, 3.8) is 0 Å². The highest BCUT2D eigenvalue weighted by Gasteiger charge is 2.59. The van der Waals surface area contributed by atoms with Crippen LogP contribution < -0.4 is 0 Å². The van der Waals surface area contributed by atoms with Gasteiger partial charge in [-0.3, -0.25) is 0 Å². The van der Waals surface area contributed by atoms with Gasteiger partial charge in [0.2, 0.25) is 6.43 Å². The van der Waals surface area contributed by atoms with Gasteiger partial charge in [-0.15, -0.1) is 0 Å². The quantitative estimate of drug-likeness (QED) is 0.533. The summed E-state index contributed by atoms with van der Waals surface area (Å²) >= 11 is 0. The molecule has 10 heavy (non-hydrogen) atoms. The molecule has 3 fully saturated rings. The second-order valence-corrected chi connectivity index (χ2v) is 4.01. The summed E-state index contributed by atoms with van der Waals surface area (Å²) in [4.78, 5) is 0. The molecule has 0 saturated heterocycles. The van der Waals surface area contributed by atoms with Crippen LogP contribution in [0.4, 0.5) is 8.78 Å². The Bertz CT molecular complexity index is 147. The molecule has 0 aromatic carbocycles. The molecule has 1 atom stereocenters. The van der Waals surface area contributed by atoms with Gasteiger partial charge in [-0.1, -0.05) is 6.92 Å². The molecule has 0 amide bonds. The van der Waals surface area contributed by atoms with Gasteiger partial charge in [0.1, 0.15) is 0 Å². The Hall–Kier alpha value is -0.140. The van der Waals surface area contributed by atoms with E-state index in [1.165, 1.54) is 0 Å². The summed E-state index contributed by atoms with van der Waals surface area (Å²) in [6.07, 6.45) is 0.307. The van der Waals surface area contributed by atoms with Gasteiger partial charge >= 0.3 is 0 Å². The number of hydrogen-bond acceptors (Lipinski definition) is 0. The maximum Gasteiger partial charge on any atom is 0.244 e. The fourth-order valence-electron chi connectivity index (χ4n) is 2.63. The van der Waals surface area contributed by atoms with Crippen LogP contribution in [-0.4, -0.2) is 6.43 Å². The first-order valence-electron chi connectivity index (χ1n) is 3.92. The minimum Gasteiger partial charge on any atom is -0.210 e. The lowest BCUT2D eigenvalue weighted by molar-refractivity contribution is -0.0502. The fourth-order valence-corrected chi connectivity index (χ4v) is 2.63. The minimum absolute atomic E-state index is 0.524. The van der Waals surface area contributed by atoms with Crippen molar-refractivity contribution in [3.8, 4) is 0 Å². The van der Waals surface area contributed by atoms with Gasteiger partial charge in [-0.05, 0) is 31.1 Å². The van der Waals surface area contributed by atoms with Crippen LogP contribution in [0.1, 0.15) is 26.2 Å². The summed E-state index contributed by atoms with van der Waals surface area (Å²) in [5.74, 6) is 1.20. The highest BCUT2D eigenvalue weighted by Crippen LogP contribution is 2.64. The molecule has 0 radical (unpaired) electrons. The van der Waals surface area contributed by atoms with Gasteiger partial charge in [0.15, 0.2) is 0 Å². The van der Waals surface area contributed by atoms with E-state index in [0.29, 0.717) is 11.8 Å². The zero-order valence-corrected chi connectivity index (χ0v) is 6.11. The number of rotatable bonds is 1. The Labute approximate surface area is 59.6 Å². The zero-order chi connectivity index (χ0) is 7.35. The molecule has 0 aliphatic heterocycles. The van der Waals surface area contributed by atoms with E-state index in [1.54, 1.807) is 0 Å². The lowest BCUT2D eigenvalue weighted by Gasteiger charge is -2.37. The molecule has 0 aromatic rings. The summed E-state index contributed by atoms with van der Waals surface area (Å²) in [6, 6.07) is 0. The average molecular weight is 146 g/mol. The molecular formula is C8H12F2. The predicted molar refractivity (Wildman–Crippen MR) is 34.9 cm³/mol. The zero-order valence-electron chi connectivity index (χ0n) is 6.11. The number of halogens is 2. The van der Waals surface area contributed by atoms with Crippen molar-refractivity contribution in [2.24, 2.45) is 17.3 Å². The van der Waals surface area contributed by atoms with Crippen molar-refractivity contribution in [3.05, 3.63) is 0 Å². The molecule has 3 saturated carbocycles. The van der Waals surface area contributed by atoms with E-state index in [1.807, 2.05) is 0 Å². The van der Waals surface area contributed by atoms with Gasteiger partial charge in [-0.25, -0.2) is 8.78 Å². The van der Waals surface area contributed by atoms with Gasteiger partial charge in [-0.2, -0.15) is 0 Å². The first-order valence-corrected chi connectivity index (χ1v) is 3.92. The van der Waals surface area contributed by atoms with E-state index < -0.39 is 11.8 Å². The van der Waals surface area contributed by atoms with E-state index >= 15 is 0 Å². The highest BCUT2D eigenvalue weighted by molar-refractivity contribution is 5.05. The van der Waals surface area contributed by atoms with E-state index in [2.05, 4.69) is 6.92 Å². The molecule has 1 unspecified atom stereocenters. The summed E-state index contributed by atoms with van der Waals surface area (Å²) < 4.78 is 24.7. The van der Waals surface area contributed by atoms with E-state index in [4.69, 9.17) is 0 Å². The lowest BCUT2D eigenvalue weighted by Crippen LogP contribution is -2.34. The molecular weight excluding hydrogens is 134 g/mol. The Balaban J connectivity index is 2.11. The SMILES string of the molecule is CC1CC2(C(F)F)CC1C2. The second kappa shape index (κ2) is 1.72. The Morgan fingerprint density at radius 3 is 2.10 bits per heavy atom. The predicted octanol–water partition coefficient (Wildman–Crippen LogP) is 2.69. The van der Waals surface area contributed by atoms with E-state index in [9.17, 15) is 8.78 Å². The topological polar surface area (TPSA) is 0 Å². The molecule has 0 N–H and O–H groups in total. The minimum atomic E-state index is -2.06. The molecule has 0 heterocycles. The molecule has 3 aliphatic carbocycles. The maximum atomic E-state index is 12.3. The third-order valence-electron chi connectivity index (χ3n) is 3.33. The first-order chi connectivity index (χ1) is 4.64. The van der Waals surface area contributed by atoms with Crippen LogP contribution in [0.5, 0.6) is 0 Å². The van der Waals surface area contributed by atoms with E-state index in [0.717, 1.165) is 19.3 Å². The monoisotopic (exact) mass is 146 g/mol. The van der Waals surface area contributed by atoms with Crippen LogP contribution in [-0.2, 0) is 0 Å². The molecule has 2 heteroatoms. The van der Waals surface area contributed by atoms with Crippen LogP contribution in [0.2, 0.25) is 0 Å². The second-order valence-electron chi connectivity index (χ2n) is 4.01. The normalized spacial score (nSPS) is 51.6. The van der Waals surface area contributed by atoms with Crippen molar-refractivity contribution in [2.45, 2.75) is 32.6 Å². The van der Waals surface area contributed by atoms with Crippen LogP contribution in [0.15, 0.2) is 0 Å².